The molecule has 0 fully saturated rings. The second-order valence-corrected chi connectivity index (χ2v) is 14.2. The zero-order chi connectivity index (χ0) is 43.6. The number of benzene rings is 4. The molecule has 58 heavy (non-hydrogen) atoms. The van der Waals surface area contributed by atoms with Gasteiger partial charge in [-0.15, -0.1) is 0 Å². The van der Waals surface area contributed by atoms with Gasteiger partial charge in [-0.2, -0.15) is 13.2 Å². The van der Waals surface area contributed by atoms with Crippen LogP contribution in [0.5, 0.6) is 0 Å². The van der Waals surface area contributed by atoms with E-state index in [1.54, 1.807) is 27.7 Å². The van der Waals surface area contributed by atoms with Crippen LogP contribution in [0, 0.1) is 17.8 Å². The number of aliphatic carboxylic acids is 1. The van der Waals surface area contributed by atoms with Gasteiger partial charge in [0.15, 0.2) is 5.78 Å². The normalized spacial score (nSPS) is 12.4. The van der Waals surface area contributed by atoms with E-state index in [2.05, 4.69) is 16.9 Å². The Balaban J connectivity index is 0.000000352. The smallest absolute Gasteiger partial charge is 0.475 e. The zero-order valence-corrected chi connectivity index (χ0v) is 33.5. The average Bonchev–Trinajstić information content (AvgIpc) is 3.17. The van der Waals surface area contributed by atoms with Crippen molar-refractivity contribution in [1.82, 2.24) is 0 Å². The molecule has 4 rings (SSSR count). The molecular formula is C45H49F3O10. The van der Waals surface area contributed by atoms with Crippen molar-refractivity contribution in [1.29, 1.82) is 0 Å². The number of carboxylic acids is 1. The molecule has 4 aromatic carbocycles. The molecule has 0 aliphatic heterocycles. The number of ether oxygens (including phenoxy) is 3. The molecule has 13 heteroatoms. The molecule has 0 saturated heterocycles. The fourth-order valence-corrected chi connectivity index (χ4v) is 5.43. The third-order valence-corrected chi connectivity index (χ3v) is 8.36. The van der Waals surface area contributed by atoms with Crippen LogP contribution >= 0.6 is 0 Å². The van der Waals surface area contributed by atoms with Gasteiger partial charge in [0.1, 0.15) is 17.3 Å². The van der Waals surface area contributed by atoms with Crippen molar-refractivity contribution in [2.75, 3.05) is 14.2 Å². The van der Waals surface area contributed by atoms with E-state index in [0.717, 1.165) is 33.4 Å². The number of esters is 3. The molecule has 0 aliphatic rings. The molecule has 0 radical (unpaired) electrons. The number of halogens is 3. The maximum Gasteiger partial charge on any atom is 0.490 e. The Morgan fingerprint density at radius 3 is 1.33 bits per heavy atom. The fourth-order valence-electron chi connectivity index (χ4n) is 5.43. The predicted octanol–water partition coefficient (Wildman–Crippen LogP) is 8.53. The molecule has 0 bridgehead atoms. The van der Waals surface area contributed by atoms with Crippen molar-refractivity contribution in [3.63, 3.8) is 0 Å². The highest BCUT2D eigenvalue weighted by molar-refractivity contribution is 6.03. The topological polar surface area (TPSA) is 150 Å². The number of ketones is 2. The molecule has 1 unspecified atom stereocenters. The Kier molecular flexibility index (Phi) is 18.7. The molecule has 0 saturated carbocycles. The molecule has 3 atom stereocenters. The van der Waals surface area contributed by atoms with Crippen molar-refractivity contribution in [3.05, 3.63) is 120 Å². The van der Waals surface area contributed by atoms with Gasteiger partial charge in [0.2, 0.25) is 0 Å². The maximum absolute atomic E-state index is 12.9. The number of carbonyl (C=O) groups is 6. The van der Waals surface area contributed by atoms with Gasteiger partial charge in [-0.1, -0.05) is 123 Å². The first-order valence-corrected chi connectivity index (χ1v) is 18.2. The molecule has 310 valence electrons. The third-order valence-electron chi connectivity index (χ3n) is 8.36. The summed E-state index contributed by atoms with van der Waals surface area (Å²) >= 11 is 0. The summed E-state index contributed by atoms with van der Waals surface area (Å²) in [5.41, 5.74) is 5.36. The maximum atomic E-state index is 12.9. The number of Topliss-reactive ketones (excluding diaryl/α,β-unsaturated/α-hetero) is 2. The van der Waals surface area contributed by atoms with E-state index in [-0.39, 0.29) is 36.3 Å². The summed E-state index contributed by atoms with van der Waals surface area (Å²) in [6.07, 6.45) is -4.50. The predicted molar refractivity (Wildman–Crippen MR) is 211 cm³/mol. The van der Waals surface area contributed by atoms with Crippen LogP contribution in [-0.2, 0) is 55.8 Å². The quantitative estimate of drug-likeness (QED) is 0.0791. The van der Waals surface area contributed by atoms with E-state index in [9.17, 15) is 37.1 Å². The van der Waals surface area contributed by atoms with E-state index < -0.39 is 41.5 Å². The van der Waals surface area contributed by atoms with Crippen molar-refractivity contribution >= 4 is 35.4 Å². The minimum Gasteiger partial charge on any atom is -0.475 e. The largest absolute Gasteiger partial charge is 0.490 e. The summed E-state index contributed by atoms with van der Waals surface area (Å²) in [5, 5.41) is 7.12. The SMILES string of the molecule is COC(=O)[C@H](C)C(C(=O)Cc1ccc(-c2ccccc2)cc1)C(=O)OC(C)(C)C.COC(=O)[C@H](C)CC(=O)Cc1ccc(-c2ccccc2)cc1.O=C(O)C(F)(F)F. The number of alkyl halides is 3. The summed E-state index contributed by atoms with van der Waals surface area (Å²) in [5.74, 6) is -7.27. The highest BCUT2D eigenvalue weighted by Crippen LogP contribution is 2.24. The van der Waals surface area contributed by atoms with Crippen LogP contribution in [0.3, 0.4) is 0 Å². The molecule has 0 spiro atoms. The lowest BCUT2D eigenvalue weighted by molar-refractivity contribution is -0.192. The Morgan fingerprint density at radius 1 is 0.586 bits per heavy atom. The molecule has 0 amide bonds. The van der Waals surface area contributed by atoms with Crippen molar-refractivity contribution in [3.8, 4) is 22.3 Å². The van der Waals surface area contributed by atoms with Gasteiger partial charge >= 0.3 is 30.1 Å². The molecule has 0 aliphatic carbocycles. The van der Waals surface area contributed by atoms with Crippen LogP contribution in [-0.4, -0.2) is 66.5 Å². The van der Waals surface area contributed by atoms with Gasteiger partial charge in [-0.25, -0.2) is 4.79 Å². The lowest BCUT2D eigenvalue weighted by atomic mass is 9.86. The van der Waals surface area contributed by atoms with Crippen LogP contribution in [0.1, 0.15) is 52.2 Å². The molecular weight excluding hydrogens is 757 g/mol. The lowest BCUT2D eigenvalue weighted by Gasteiger charge is -2.25. The summed E-state index contributed by atoms with van der Waals surface area (Å²) in [6.45, 7) is 8.38. The number of rotatable bonds is 13. The summed E-state index contributed by atoms with van der Waals surface area (Å²) in [7, 11) is 2.57. The number of carboxylic acid groups (broad SMARTS) is 1. The van der Waals surface area contributed by atoms with E-state index in [4.69, 9.17) is 19.4 Å². The Bertz CT molecular complexity index is 1950. The number of hydrogen-bond acceptors (Lipinski definition) is 9. The summed E-state index contributed by atoms with van der Waals surface area (Å²) < 4.78 is 46.5. The first-order valence-electron chi connectivity index (χ1n) is 18.2. The second-order valence-electron chi connectivity index (χ2n) is 14.2. The summed E-state index contributed by atoms with van der Waals surface area (Å²) in [6, 6.07) is 35.5. The van der Waals surface area contributed by atoms with Gasteiger partial charge in [0, 0.05) is 19.3 Å². The minimum absolute atomic E-state index is 0.0281. The van der Waals surface area contributed by atoms with Gasteiger partial charge in [-0.05, 0) is 54.2 Å². The average molecular weight is 807 g/mol. The van der Waals surface area contributed by atoms with Crippen LogP contribution in [0.15, 0.2) is 109 Å². The van der Waals surface area contributed by atoms with Gasteiger partial charge in [0.25, 0.3) is 0 Å². The first-order chi connectivity index (χ1) is 27.2. The molecule has 10 nitrogen and oxygen atoms in total. The second kappa shape index (κ2) is 22.6. The van der Waals surface area contributed by atoms with Gasteiger partial charge in [-0.3, -0.25) is 24.0 Å². The van der Waals surface area contributed by atoms with Crippen molar-refractivity contribution in [2.45, 2.75) is 65.7 Å². The molecule has 1 N–H and O–H groups in total. The Hall–Kier alpha value is -6.11. The third kappa shape index (κ3) is 16.5. The first kappa shape index (κ1) is 48.0. The van der Waals surface area contributed by atoms with Crippen LogP contribution in [0.2, 0.25) is 0 Å². The van der Waals surface area contributed by atoms with Crippen molar-refractivity contribution in [2.24, 2.45) is 17.8 Å². The number of methoxy groups -OCH3 is 2. The highest BCUT2D eigenvalue weighted by atomic mass is 19.4. The standard InChI is InChI=1S/C24H28O5.C19H20O3.C2HF3O2/c1-16(22(26)28-5)21(23(27)29-24(2,3)4)20(25)15-17-11-13-19(14-12-17)18-9-7-6-8-10-18;1-14(19(21)22-2)12-18(20)13-15-8-10-17(11-9-15)16-6-4-3-5-7-16;3-2(4,5)1(6)7/h6-14,16,21H,15H2,1-5H3;3-11,14H,12-13H2,1-2H3;(H,6,7)/t16-,21?;14-;/m11./s1. The van der Waals surface area contributed by atoms with Crippen LogP contribution in [0.4, 0.5) is 13.2 Å². The van der Waals surface area contributed by atoms with Crippen LogP contribution < -0.4 is 0 Å². The fraction of sp³-hybridized carbons (Fsp3) is 0.333. The summed E-state index contributed by atoms with van der Waals surface area (Å²) in [4.78, 5) is 69.8. The Morgan fingerprint density at radius 2 is 0.966 bits per heavy atom. The van der Waals surface area contributed by atoms with Gasteiger partial charge < -0.3 is 19.3 Å². The highest BCUT2D eigenvalue weighted by Gasteiger charge is 2.40. The molecule has 4 aromatic rings. The minimum atomic E-state index is -5.08. The number of carbonyl (C=O) groups excluding carboxylic acids is 5. The molecule has 0 heterocycles. The molecule has 0 aromatic heterocycles. The number of hydrogen-bond donors (Lipinski definition) is 1. The lowest BCUT2D eigenvalue weighted by Crippen LogP contribution is -2.40. The van der Waals surface area contributed by atoms with E-state index >= 15 is 0 Å². The Labute approximate surface area is 336 Å². The van der Waals surface area contributed by atoms with E-state index in [0.29, 0.717) is 6.42 Å². The van der Waals surface area contributed by atoms with E-state index in [1.807, 2.05) is 97.1 Å². The van der Waals surface area contributed by atoms with Crippen LogP contribution in [0.25, 0.3) is 22.3 Å². The van der Waals surface area contributed by atoms with Crippen molar-refractivity contribution < 1.29 is 61.3 Å². The monoisotopic (exact) mass is 806 g/mol. The zero-order valence-electron chi connectivity index (χ0n) is 33.5. The van der Waals surface area contributed by atoms with Gasteiger partial charge in [0.05, 0.1) is 26.1 Å². The van der Waals surface area contributed by atoms with E-state index in [1.165, 1.54) is 21.1 Å².